The number of hydrogen-bond acceptors (Lipinski definition) is 4. The number of sulfonamides is 1. The second-order valence-electron chi connectivity index (χ2n) is 4.26. The summed E-state index contributed by atoms with van der Waals surface area (Å²) < 4.78 is 24.8. The molecule has 6 nitrogen and oxygen atoms in total. The molecule has 7 heteroatoms. The van der Waals surface area contributed by atoms with Crippen molar-refractivity contribution in [3.8, 4) is 0 Å². The van der Waals surface area contributed by atoms with Crippen molar-refractivity contribution >= 4 is 21.7 Å². The summed E-state index contributed by atoms with van der Waals surface area (Å²) in [6, 6.07) is 5.33. The molecule has 1 atom stereocenters. The number of aliphatic carboxylic acids is 1. The monoisotopic (exact) mass is 286 g/mol. The Bertz CT molecular complexity index is 537. The van der Waals surface area contributed by atoms with Gasteiger partial charge in [0.2, 0.25) is 10.0 Å². The maximum absolute atomic E-state index is 11.8. The van der Waals surface area contributed by atoms with E-state index in [1.807, 2.05) is 0 Å². The number of rotatable bonds is 6. The zero-order chi connectivity index (χ0) is 14.6. The van der Waals surface area contributed by atoms with Crippen molar-refractivity contribution in [2.24, 2.45) is 0 Å². The lowest BCUT2D eigenvalue weighted by molar-refractivity contribution is -0.137. The van der Waals surface area contributed by atoms with Crippen LogP contribution in [0.15, 0.2) is 29.2 Å². The van der Waals surface area contributed by atoms with E-state index in [0.717, 1.165) is 4.31 Å². The summed E-state index contributed by atoms with van der Waals surface area (Å²) in [5, 5.41) is 11.8. The summed E-state index contributed by atoms with van der Waals surface area (Å²) >= 11 is 0. The van der Waals surface area contributed by atoms with E-state index >= 15 is 0 Å². The van der Waals surface area contributed by atoms with Crippen molar-refractivity contribution in [3.05, 3.63) is 24.3 Å². The molecule has 0 radical (unpaired) electrons. The Morgan fingerprint density at radius 2 is 1.84 bits per heavy atom. The highest BCUT2D eigenvalue weighted by Crippen LogP contribution is 2.17. The first kappa shape index (κ1) is 15.5. The van der Waals surface area contributed by atoms with E-state index in [2.05, 4.69) is 5.32 Å². The van der Waals surface area contributed by atoms with Crippen LogP contribution in [-0.2, 0) is 14.8 Å². The molecule has 0 aliphatic carbocycles. The zero-order valence-corrected chi connectivity index (χ0v) is 11.9. The van der Waals surface area contributed by atoms with Gasteiger partial charge in [-0.15, -0.1) is 0 Å². The first-order valence-corrected chi connectivity index (χ1v) is 7.25. The van der Waals surface area contributed by atoms with Gasteiger partial charge in [-0.25, -0.2) is 17.5 Å². The van der Waals surface area contributed by atoms with Gasteiger partial charge >= 0.3 is 5.97 Å². The van der Waals surface area contributed by atoms with Crippen LogP contribution in [0.3, 0.4) is 0 Å². The van der Waals surface area contributed by atoms with Gasteiger partial charge in [-0.05, 0) is 30.7 Å². The van der Waals surface area contributed by atoms with Gasteiger partial charge < -0.3 is 10.4 Å². The zero-order valence-electron chi connectivity index (χ0n) is 11.1. The molecule has 1 rings (SSSR count). The molecule has 0 heterocycles. The van der Waals surface area contributed by atoms with Gasteiger partial charge in [0.15, 0.2) is 0 Å². The van der Waals surface area contributed by atoms with Crippen molar-refractivity contribution in [1.29, 1.82) is 0 Å². The molecule has 0 spiro atoms. The third kappa shape index (κ3) is 3.68. The van der Waals surface area contributed by atoms with Crippen molar-refractivity contribution in [2.75, 3.05) is 19.4 Å². The van der Waals surface area contributed by atoms with Crippen LogP contribution in [0.5, 0.6) is 0 Å². The van der Waals surface area contributed by atoms with E-state index in [0.29, 0.717) is 12.1 Å². The van der Waals surface area contributed by atoms with Crippen molar-refractivity contribution in [3.63, 3.8) is 0 Å². The summed E-state index contributed by atoms with van der Waals surface area (Å²) in [6.07, 6.45) is 0.438. The Kier molecular flexibility index (Phi) is 4.90. The Morgan fingerprint density at radius 3 is 2.21 bits per heavy atom. The maximum atomic E-state index is 11.8. The standard InChI is InChI=1S/C12H18N2O4S/c1-4-11(12(15)16)13-9-5-7-10(8-6-9)19(17,18)14(2)3/h5-8,11,13H,4H2,1-3H3,(H,15,16). The topological polar surface area (TPSA) is 86.7 Å². The summed E-state index contributed by atoms with van der Waals surface area (Å²) in [6.45, 7) is 1.76. The number of benzene rings is 1. The largest absolute Gasteiger partial charge is 0.480 e. The predicted molar refractivity (Wildman–Crippen MR) is 72.7 cm³/mol. The Balaban J connectivity index is 2.92. The minimum atomic E-state index is -3.45. The Labute approximate surface area is 113 Å². The lowest BCUT2D eigenvalue weighted by Gasteiger charge is -2.15. The van der Waals surface area contributed by atoms with Crippen LogP contribution in [0.2, 0.25) is 0 Å². The lowest BCUT2D eigenvalue weighted by Crippen LogP contribution is -2.28. The molecule has 0 aliphatic heterocycles. The first-order valence-electron chi connectivity index (χ1n) is 5.81. The van der Waals surface area contributed by atoms with E-state index in [4.69, 9.17) is 5.11 Å². The molecular formula is C12H18N2O4S. The summed E-state index contributed by atoms with van der Waals surface area (Å²) in [7, 11) is -0.540. The molecule has 1 aromatic carbocycles. The molecular weight excluding hydrogens is 268 g/mol. The number of anilines is 1. The van der Waals surface area contributed by atoms with E-state index in [1.54, 1.807) is 19.1 Å². The smallest absolute Gasteiger partial charge is 0.326 e. The fourth-order valence-electron chi connectivity index (χ4n) is 1.47. The molecule has 0 amide bonds. The fourth-order valence-corrected chi connectivity index (χ4v) is 2.38. The molecule has 0 bridgehead atoms. The van der Waals surface area contributed by atoms with Gasteiger partial charge in [0.05, 0.1) is 4.90 Å². The molecule has 106 valence electrons. The fraction of sp³-hybridized carbons (Fsp3) is 0.417. The first-order chi connectivity index (χ1) is 8.78. The highest BCUT2D eigenvalue weighted by Gasteiger charge is 2.18. The molecule has 0 saturated carbocycles. The average Bonchev–Trinajstić information content (AvgIpc) is 2.35. The van der Waals surface area contributed by atoms with Crippen LogP contribution < -0.4 is 5.32 Å². The SMILES string of the molecule is CCC(Nc1ccc(S(=O)(=O)N(C)C)cc1)C(=O)O. The third-order valence-electron chi connectivity index (χ3n) is 2.68. The van der Waals surface area contributed by atoms with Crippen molar-refractivity contribution in [1.82, 2.24) is 4.31 Å². The van der Waals surface area contributed by atoms with Crippen LogP contribution in [0.25, 0.3) is 0 Å². The maximum Gasteiger partial charge on any atom is 0.326 e. The quantitative estimate of drug-likeness (QED) is 0.821. The average molecular weight is 286 g/mol. The van der Waals surface area contributed by atoms with Gasteiger partial charge in [0.25, 0.3) is 0 Å². The second-order valence-corrected chi connectivity index (χ2v) is 6.41. The number of carbonyl (C=O) groups is 1. The number of hydrogen-bond donors (Lipinski definition) is 2. The van der Waals surface area contributed by atoms with Gasteiger partial charge in [-0.3, -0.25) is 0 Å². The van der Waals surface area contributed by atoms with Crippen LogP contribution in [0, 0.1) is 0 Å². The summed E-state index contributed by atoms with van der Waals surface area (Å²) in [5.41, 5.74) is 0.576. The van der Waals surface area contributed by atoms with E-state index in [-0.39, 0.29) is 4.90 Å². The molecule has 1 unspecified atom stereocenters. The van der Waals surface area contributed by atoms with Crippen LogP contribution in [-0.4, -0.2) is 43.9 Å². The molecule has 2 N–H and O–H groups in total. The van der Waals surface area contributed by atoms with Crippen LogP contribution in [0.1, 0.15) is 13.3 Å². The predicted octanol–water partition coefficient (Wildman–Crippen LogP) is 1.21. The van der Waals surface area contributed by atoms with E-state index in [9.17, 15) is 13.2 Å². The highest BCUT2D eigenvalue weighted by molar-refractivity contribution is 7.89. The van der Waals surface area contributed by atoms with Gasteiger partial charge in [0.1, 0.15) is 6.04 Å². The van der Waals surface area contributed by atoms with E-state index in [1.165, 1.54) is 26.2 Å². The van der Waals surface area contributed by atoms with Gasteiger partial charge in [-0.1, -0.05) is 6.92 Å². The van der Waals surface area contributed by atoms with Gasteiger partial charge in [0, 0.05) is 19.8 Å². The van der Waals surface area contributed by atoms with Crippen molar-refractivity contribution in [2.45, 2.75) is 24.3 Å². The molecule has 0 aromatic heterocycles. The minimum Gasteiger partial charge on any atom is -0.480 e. The van der Waals surface area contributed by atoms with Crippen molar-refractivity contribution < 1.29 is 18.3 Å². The molecule has 0 aliphatic rings. The Morgan fingerprint density at radius 1 is 1.32 bits per heavy atom. The van der Waals surface area contributed by atoms with Crippen LogP contribution in [0.4, 0.5) is 5.69 Å². The van der Waals surface area contributed by atoms with Gasteiger partial charge in [-0.2, -0.15) is 0 Å². The highest BCUT2D eigenvalue weighted by atomic mass is 32.2. The third-order valence-corrected chi connectivity index (χ3v) is 4.51. The van der Waals surface area contributed by atoms with E-state index < -0.39 is 22.0 Å². The number of carboxylic acid groups (broad SMARTS) is 1. The second kappa shape index (κ2) is 6.03. The van der Waals surface area contributed by atoms with Crippen LogP contribution >= 0.6 is 0 Å². The lowest BCUT2D eigenvalue weighted by atomic mass is 10.2. The number of nitrogens with one attached hydrogen (secondary N) is 1. The molecule has 19 heavy (non-hydrogen) atoms. The number of carboxylic acids is 1. The molecule has 0 saturated heterocycles. The minimum absolute atomic E-state index is 0.173. The Hall–Kier alpha value is -1.60. The summed E-state index contributed by atoms with van der Waals surface area (Å²) in [5.74, 6) is -0.938. The number of nitrogens with zero attached hydrogens (tertiary/aromatic N) is 1. The molecule has 0 fully saturated rings. The molecule has 1 aromatic rings. The summed E-state index contributed by atoms with van der Waals surface area (Å²) in [4.78, 5) is 11.1. The normalized spacial score (nSPS) is 13.3.